The van der Waals surface area contributed by atoms with Gasteiger partial charge in [0, 0.05) is 25.8 Å². The monoisotopic (exact) mass is 416 g/mol. The summed E-state index contributed by atoms with van der Waals surface area (Å²) in [4.78, 5) is 13.1. The van der Waals surface area contributed by atoms with Gasteiger partial charge in [0.05, 0.1) is 28.0 Å². The van der Waals surface area contributed by atoms with E-state index < -0.39 is 5.91 Å². The average Bonchev–Trinajstić information content (AvgIpc) is 3.33. The summed E-state index contributed by atoms with van der Waals surface area (Å²) in [5.74, 6) is -0.411. The van der Waals surface area contributed by atoms with Crippen molar-refractivity contribution in [2.45, 2.75) is 57.1 Å². The second kappa shape index (κ2) is 8.54. The molecule has 0 spiro atoms. The summed E-state index contributed by atoms with van der Waals surface area (Å²) in [5, 5.41) is 16.5. The zero-order chi connectivity index (χ0) is 20.4. The third kappa shape index (κ3) is 4.02. The van der Waals surface area contributed by atoms with Gasteiger partial charge in [-0.05, 0) is 51.0 Å². The Bertz CT molecular complexity index is 910. The average molecular weight is 417 g/mol. The summed E-state index contributed by atoms with van der Waals surface area (Å²) in [6.45, 7) is 0. The minimum atomic E-state index is -0.411. The molecule has 0 aliphatic heterocycles. The van der Waals surface area contributed by atoms with Crippen LogP contribution in [0.4, 0.5) is 5.00 Å². The molecule has 2 aliphatic rings. The van der Waals surface area contributed by atoms with Crippen LogP contribution >= 0.6 is 11.3 Å². The van der Waals surface area contributed by atoms with Gasteiger partial charge in [0.25, 0.3) is 5.91 Å². The zero-order valence-electron chi connectivity index (χ0n) is 16.9. The van der Waals surface area contributed by atoms with E-state index in [0.29, 0.717) is 17.7 Å². The molecule has 0 unspecified atom stereocenters. The van der Waals surface area contributed by atoms with Gasteiger partial charge < -0.3 is 21.2 Å². The number of methoxy groups -OCH3 is 1. The molecule has 1 saturated carbocycles. The van der Waals surface area contributed by atoms with E-state index in [-0.39, 0.29) is 0 Å². The maximum atomic E-state index is 12.1. The van der Waals surface area contributed by atoms with Gasteiger partial charge in [0.15, 0.2) is 0 Å². The molecule has 0 radical (unpaired) electrons. The molecule has 1 amide bonds. The Hall–Kier alpha value is -2.39. The van der Waals surface area contributed by atoms with E-state index in [1.807, 2.05) is 6.07 Å². The molecule has 2 aromatic heterocycles. The standard InChI is InChI=1S/C20H28N6O2S/c1-22-24-15-5-3-4-13-17(15)25-26-18(13)16-10-14(19(21)27)20(29-16)23-11-6-8-12(28-2)9-7-11/h10-12,22-23H,3-9H2,1-2H3,(H2,21,27)(H,25,26)/b24-15+. The number of rotatable bonds is 6. The number of hydrazone groups is 1. The number of thiophene rings is 1. The van der Waals surface area contributed by atoms with E-state index in [4.69, 9.17) is 10.5 Å². The van der Waals surface area contributed by atoms with Crippen molar-refractivity contribution < 1.29 is 9.53 Å². The molecule has 2 heterocycles. The Labute approximate surface area is 174 Å². The van der Waals surface area contributed by atoms with Crippen LogP contribution in [0.15, 0.2) is 11.2 Å². The number of nitrogens with one attached hydrogen (secondary N) is 3. The molecule has 0 aromatic carbocycles. The van der Waals surface area contributed by atoms with E-state index >= 15 is 0 Å². The molecule has 2 aliphatic carbocycles. The van der Waals surface area contributed by atoms with Crippen molar-refractivity contribution >= 4 is 28.0 Å². The van der Waals surface area contributed by atoms with E-state index in [0.717, 1.165) is 77.5 Å². The first-order chi connectivity index (χ1) is 14.1. The van der Waals surface area contributed by atoms with Gasteiger partial charge in [-0.2, -0.15) is 10.2 Å². The number of primary amides is 1. The highest BCUT2D eigenvalue weighted by molar-refractivity contribution is 7.19. The number of fused-ring (bicyclic) bond motifs is 1. The summed E-state index contributed by atoms with van der Waals surface area (Å²) in [6, 6.07) is 2.21. The Morgan fingerprint density at radius 3 is 2.83 bits per heavy atom. The van der Waals surface area contributed by atoms with Crippen molar-refractivity contribution in [1.29, 1.82) is 0 Å². The van der Waals surface area contributed by atoms with Gasteiger partial charge in [-0.3, -0.25) is 9.89 Å². The predicted octanol–water partition coefficient (Wildman–Crippen LogP) is 2.87. The van der Waals surface area contributed by atoms with Crippen LogP contribution in [-0.4, -0.2) is 48.1 Å². The molecule has 9 heteroatoms. The van der Waals surface area contributed by atoms with E-state index in [9.17, 15) is 4.79 Å². The fraction of sp³-hybridized carbons (Fsp3) is 0.550. The minimum absolute atomic E-state index is 0.330. The number of carbonyl (C=O) groups excluding carboxylic acids is 1. The fourth-order valence-corrected chi connectivity index (χ4v) is 5.44. The first kappa shape index (κ1) is 19.9. The van der Waals surface area contributed by atoms with Crippen molar-refractivity contribution in [2.24, 2.45) is 10.8 Å². The Balaban J connectivity index is 1.61. The molecule has 1 fully saturated rings. The molecule has 156 valence electrons. The van der Waals surface area contributed by atoms with Crippen LogP contribution in [0.3, 0.4) is 0 Å². The van der Waals surface area contributed by atoms with Gasteiger partial charge in [-0.1, -0.05) is 0 Å². The number of hydrogen-bond acceptors (Lipinski definition) is 7. The topological polar surface area (TPSA) is 117 Å². The quantitative estimate of drug-likeness (QED) is 0.540. The van der Waals surface area contributed by atoms with E-state index in [1.54, 1.807) is 25.5 Å². The first-order valence-electron chi connectivity index (χ1n) is 10.1. The lowest BCUT2D eigenvalue weighted by molar-refractivity contribution is 0.0682. The highest BCUT2D eigenvalue weighted by Crippen LogP contribution is 2.39. The summed E-state index contributed by atoms with van der Waals surface area (Å²) in [7, 11) is 3.57. The third-order valence-electron chi connectivity index (χ3n) is 5.81. The zero-order valence-corrected chi connectivity index (χ0v) is 17.7. The second-order valence-electron chi connectivity index (χ2n) is 7.63. The molecule has 8 nitrogen and oxygen atoms in total. The summed E-state index contributed by atoms with van der Waals surface area (Å²) >= 11 is 1.56. The normalized spacial score (nSPS) is 23.0. The van der Waals surface area contributed by atoms with Crippen LogP contribution in [-0.2, 0) is 11.2 Å². The molecule has 0 saturated heterocycles. The number of anilines is 1. The molecule has 29 heavy (non-hydrogen) atoms. The summed E-state index contributed by atoms with van der Waals surface area (Å²) < 4.78 is 5.46. The molecular weight excluding hydrogens is 388 g/mol. The molecule has 4 rings (SSSR count). The van der Waals surface area contributed by atoms with Crippen LogP contribution in [0.2, 0.25) is 0 Å². The van der Waals surface area contributed by atoms with Crippen molar-refractivity contribution in [1.82, 2.24) is 15.6 Å². The highest BCUT2D eigenvalue weighted by atomic mass is 32.1. The first-order valence-corrected chi connectivity index (χ1v) is 11.0. The van der Waals surface area contributed by atoms with Gasteiger partial charge >= 0.3 is 0 Å². The van der Waals surface area contributed by atoms with Crippen molar-refractivity contribution in [3.63, 3.8) is 0 Å². The van der Waals surface area contributed by atoms with Crippen molar-refractivity contribution in [3.8, 4) is 10.6 Å². The fourth-order valence-electron chi connectivity index (χ4n) is 4.28. The maximum absolute atomic E-state index is 12.1. The molecular formula is C20H28N6O2S. The number of hydrogen-bond donors (Lipinski definition) is 4. The Kier molecular flexibility index (Phi) is 5.86. The number of ether oxygens (including phenoxy) is 1. The number of aromatic amines is 1. The number of nitrogens with two attached hydrogens (primary N) is 1. The lowest BCUT2D eigenvalue weighted by Gasteiger charge is -2.28. The Morgan fingerprint density at radius 1 is 1.34 bits per heavy atom. The predicted molar refractivity (Wildman–Crippen MR) is 116 cm³/mol. The SMILES string of the molecule is CN/N=C1\CCCc2c1n[nH]c2-c1cc(C(N)=O)c(NC2CCC(OC)CC2)s1. The molecule has 2 aromatic rings. The number of carbonyl (C=O) groups is 1. The summed E-state index contributed by atoms with van der Waals surface area (Å²) in [6.07, 6.45) is 7.32. The lowest BCUT2D eigenvalue weighted by Crippen LogP contribution is -2.29. The number of nitrogens with zero attached hydrogens (tertiary/aromatic N) is 2. The van der Waals surface area contributed by atoms with Crippen molar-refractivity contribution in [3.05, 3.63) is 22.9 Å². The van der Waals surface area contributed by atoms with E-state index in [2.05, 4.69) is 26.0 Å². The lowest BCUT2D eigenvalue weighted by atomic mass is 9.93. The van der Waals surface area contributed by atoms with Crippen LogP contribution < -0.4 is 16.5 Å². The van der Waals surface area contributed by atoms with Gasteiger partial charge in [0.2, 0.25) is 0 Å². The maximum Gasteiger partial charge on any atom is 0.251 e. The van der Waals surface area contributed by atoms with Crippen molar-refractivity contribution in [2.75, 3.05) is 19.5 Å². The Morgan fingerprint density at radius 2 is 2.14 bits per heavy atom. The van der Waals surface area contributed by atoms with Gasteiger partial charge in [-0.25, -0.2) is 0 Å². The van der Waals surface area contributed by atoms with Gasteiger partial charge in [-0.15, -0.1) is 11.3 Å². The molecule has 0 bridgehead atoms. The summed E-state index contributed by atoms with van der Waals surface area (Å²) in [5.41, 5.74) is 13.1. The number of aromatic nitrogens is 2. The second-order valence-corrected chi connectivity index (χ2v) is 8.68. The molecule has 5 N–H and O–H groups in total. The number of amides is 1. The largest absolute Gasteiger partial charge is 0.381 e. The third-order valence-corrected chi connectivity index (χ3v) is 6.90. The number of H-pyrrole nitrogens is 1. The van der Waals surface area contributed by atoms with E-state index in [1.165, 1.54) is 0 Å². The van der Waals surface area contributed by atoms with Crippen LogP contribution in [0, 0.1) is 0 Å². The van der Waals surface area contributed by atoms with Crippen LogP contribution in [0.1, 0.15) is 60.1 Å². The van der Waals surface area contributed by atoms with Crippen LogP contribution in [0.25, 0.3) is 10.6 Å². The van der Waals surface area contributed by atoms with Crippen LogP contribution in [0.5, 0.6) is 0 Å². The molecule has 0 atom stereocenters. The highest BCUT2D eigenvalue weighted by Gasteiger charge is 2.27. The van der Waals surface area contributed by atoms with Gasteiger partial charge in [0.1, 0.15) is 10.7 Å². The smallest absolute Gasteiger partial charge is 0.251 e. The minimum Gasteiger partial charge on any atom is -0.381 e.